The van der Waals surface area contributed by atoms with Gasteiger partial charge in [-0.3, -0.25) is 24.0 Å². The Labute approximate surface area is 306 Å². The van der Waals surface area contributed by atoms with E-state index in [0.29, 0.717) is 34.7 Å². The lowest BCUT2D eigenvalue weighted by Crippen LogP contribution is -2.30. The highest BCUT2D eigenvalue weighted by molar-refractivity contribution is 8.00. The lowest BCUT2D eigenvalue weighted by molar-refractivity contribution is -0.116. The van der Waals surface area contributed by atoms with Gasteiger partial charge in [-0.2, -0.15) is 0 Å². The monoisotopic (exact) mass is 707 g/mol. The van der Waals surface area contributed by atoms with Crippen molar-refractivity contribution in [2.24, 2.45) is 0 Å². The molecule has 3 amide bonds. The molecule has 1 atom stereocenters. The molecule has 6 rings (SSSR count). The van der Waals surface area contributed by atoms with Gasteiger partial charge in [0.25, 0.3) is 11.8 Å². The van der Waals surface area contributed by atoms with Crippen LogP contribution in [0.1, 0.15) is 86.4 Å². The first-order valence-electron chi connectivity index (χ1n) is 17.0. The molecule has 260 valence electrons. The number of anilines is 2. The fraction of sp³-hybridized carbons (Fsp3) is 0.140. The van der Waals surface area contributed by atoms with Crippen molar-refractivity contribution in [3.63, 3.8) is 0 Å². The molecule has 0 aromatic heterocycles. The van der Waals surface area contributed by atoms with Crippen molar-refractivity contribution in [3.05, 3.63) is 166 Å². The number of hydrogen-bond acceptors (Lipinski definition) is 6. The van der Waals surface area contributed by atoms with Crippen LogP contribution in [0, 0.1) is 0 Å². The summed E-state index contributed by atoms with van der Waals surface area (Å²) in [6.45, 7) is 6.09. The van der Waals surface area contributed by atoms with Gasteiger partial charge in [0.05, 0.1) is 16.5 Å². The molecule has 5 aromatic carbocycles. The van der Waals surface area contributed by atoms with E-state index in [0.717, 1.165) is 16.0 Å². The molecule has 0 bridgehead atoms. The predicted octanol–water partition coefficient (Wildman–Crippen LogP) is 8.50. The molecule has 8 nitrogen and oxygen atoms in total. The highest BCUT2D eigenvalue weighted by atomic mass is 32.2. The molecule has 5 aromatic rings. The molecule has 0 fully saturated rings. The van der Waals surface area contributed by atoms with Gasteiger partial charge in [0.15, 0.2) is 11.6 Å². The van der Waals surface area contributed by atoms with Gasteiger partial charge in [0.2, 0.25) is 5.91 Å². The van der Waals surface area contributed by atoms with Crippen LogP contribution in [0.3, 0.4) is 0 Å². The first-order chi connectivity index (χ1) is 25.1. The van der Waals surface area contributed by atoms with Crippen LogP contribution in [0.25, 0.3) is 6.08 Å². The van der Waals surface area contributed by atoms with Crippen LogP contribution in [0.4, 0.5) is 11.4 Å². The number of ketones is 2. The van der Waals surface area contributed by atoms with E-state index >= 15 is 0 Å². The molecule has 3 N–H and O–H groups in total. The molecular formula is C43H37N3O5S. The quantitative estimate of drug-likeness (QED) is 0.0918. The van der Waals surface area contributed by atoms with E-state index in [9.17, 15) is 24.0 Å². The van der Waals surface area contributed by atoms with Gasteiger partial charge >= 0.3 is 0 Å². The molecule has 0 saturated carbocycles. The Kier molecular flexibility index (Phi) is 10.9. The van der Waals surface area contributed by atoms with Crippen LogP contribution in [0.5, 0.6) is 0 Å². The first kappa shape index (κ1) is 35.8. The number of hydrogen-bond donors (Lipinski definition) is 3. The van der Waals surface area contributed by atoms with Crippen LogP contribution in [-0.4, -0.2) is 34.5 Å². The lowest BCUT2D eigenvalue weighted by atomic mass is 9.83. The number of benzene rings is 5. The smallest absolute Gasteiger partial charge is 0.272 e. The summed E-state index contributed by atoms with van der Waals surface area (Å²) in [7, 11) is 0. The van der Waals surface area contributed by atoms with E-state index < -0.39 is 17.1 Å². The number of nitrogens with one attached hydrogen (secondary N) is 3. The third-order valence-electron chi connectivity index (χ3n) is 8.69. The summed E-state index contributed by atoms with van der Waals surface area (Å²) in [6.07, 6.45) is 2.10. The fourth-order valence-electron chi connectivity index (χ4n) is 5.88. The Morgan fingerprint density at radius 1 is 0.712 bits per heavy atom. The molecule has 0 aliphatic heterocycles. The summed E-state index contributed by atoms with van der Waals surface area (Å²) < 4.78 is 0. The average molecular weight is 708 g/mol. The SMILES string of the molecule is CCC(Sc1cccc(NC(=O)/C(=C\c2ccc(C(C)C)cc2)NC(=O)c2ccccc2)c1)C(=O)Nc1cccc2c1C(=O)c1ccccc1C2=O. The van der Waals surface area contributed by atoms with E-state index in [1.54, 1.807) is 91.0 Å². The Morgan fingerprint density at radius 3 is 2.06 bits per heavy atom. The van der Waals surface area contributed by atoms with Gasteiger partial charge in [0, 0.05) is 32.8 Å². The minimum atomic E-state index is -0.557. The molecule has 9 heteroatoms. The normalized spacial score (nSPS) is 12.8. The largest absolute Gasteiger partial charge is 0.324 e. The summed E-state index contributed by atoms with van der Waals surface area (Å²) in [6, 6.07) is 35.1. The molecular weight excluding hydrogens is 671 g/mol. The van der Waals surface area contributed by atoms with E-state index in [2.05, 4.69) is 29.8 Å². The maximum atomic E-state index is 13.7. The van der Waals surface area contributed by atoms with Crippen molar-refractivity contribution in [2.45, 2.75) is 43.3 Å². The number of fused-ring (bicyclic) bond motifs is 2. The molecule has 0 saturated heterocycles. The molecule has 1 aliphatic carbocycles. The maximum absolute atomic E-state index is 13.7. The number of carbonyl (C=O) groups excluding carboxylic acids is 5. The maximum Gasteiger partial charge on any atom is 0.272 e. The van der Waals surface area contributed by atoms with Crippen LogP contribution < -0.4 is 16.0 Å². The lowest BCUT2D eigenvalue weighted by Gasteiger charge is -2.21. The van der Waals surface area contributed by atoms with Crippen molar-refractivity contribution in [2.75, 3.05) is 10.6 Å². The second kappa shape index (κ2) is 15.9. The van der Waals surface area contributed by atoms with E-state index in [-0.39, 0.29) is 40.0 Å². The van der Waals surface area contributed by atoms with Gasteiger partial charge in [-0.1, -0.05) is 106 Å². The number of carbonyl (C=O) groups is 5. The Hall–Kier alpha value is -6.06. The summed E-state index contributed by atoms with van der Waals surface area (Å²) in [5.41, 5.74) is 4.23. The van der Waals surface area contributed by atoms with Gasteiger partial charge in [-0.25, -0.2) is 0 Å². The molecule has 0 spiro atoms. The van der Waals surface area contributed by atoms with Gasteiger partial charge < -0.3 is 16.0 Å². The summed E-state index contributed by atoms with van der Waals surface area (Å²) >= 11 is 1.31. The minimum Gasteiger partial charge on any atom is -0.324 e. The van der Waals surface area contributed by atoms with Crippen LogP contribution in [-0.2, 0) is 9.59 Å². The highest BCUT2D eigenvalue weighted by Crippen LogP contribution is 2.34. The van der Waals surface area contributed by atoms with Crippen molar-refractivity contribution in [1.82, 2.24) is 5.32 Å². The third-order valence-corrected chi connectivity index (χ3v) is 10.0. The Bertz CT molecular complexity index is 2210. The Balaban J connectivity index is 1.19. The molecule has 1 unspecified atom stereocenters. The van der Waals surface area contributed by atoms with Crippen molar-refractivity contribution >= 4 is 58.5 Å². The van der Waals surface area contributed by atoms with E-state index in [1.165, 1.54) is 11.8 Å². The van der Waals surface area contributed by atoms with Gasteiger partial charge in [0.1, 0.15) is 5.70 Å². The predicted molar refractivity (Wildman–Crippen MR) is 206 cm³/mol. The molecule has 0 heterocycles. The van der Waals surface area contributed by atoms with Crippen molar-refractivity contribution in [1.29, 1.82) is 0 Å². The topological polar surface area (TPSA) is 121 Å². The fourth-order valence-corrected chi connectivity index (χ4v) is 6.89. The summed E-state index contributed by atoms with van der Waals surface area (Å²) in [5.74, 6) is -1.49. The minimum absolute atomic E-state index is 0.0665. The molecule has 0 radical (unpaired) electrons. The van der Waals surface area contributed by atoms with Crippen molar-refractivity contribution in [3.8, 4) is 0 Å². The highest BCUT2D eigenvalue weighted by Gasteiger charge is 2.32. The summed E-state index contributed by atoms with van der Waals surface area (Å²) in [5, 5.41) is 8.01. The van der Waals surface area contributed by atoms with E-state index in [1.807, 2.05) is 43.3 Å². The second-order valence-electron chi connectivity index (χ2n) is 12.6. The van der Waals surface area contributed by atoms with Gasteiger partial charge in [-0.15, -0.1) is 11.8 Å². The standard InChI is InChI=1S/C43H37N3O5S/c1-4-37(43(51)45-35-19-11-18-34-38(35)40(48)33-17-9-8-16-32(33)39(34)47)52-31-15-10-14-30(25-31)44-42(50)36(46-41(49)29-12-6-5-7-13-29)24-27-20-22-28(23-21-27)26(2)3/h5-26,37H,4H2,1-3H3,(H,44,50)(H,45,51)(H,46,49)/b36-24+. The number of thioether (sulfide) groups is 1. The summed E-state index contributed by atoms with van der Waals surface area (Å²) in [4.78, 5) is 67.8. The molecule has 1 aliphatic rings. The molecule has 52 heavy (non-hydrogen) atoms. The zero-order valence-corrected chi connectivity index (χ0v) is 29.8. The second-order valence-corrected chi connectivity index (χ2v) is 13.9. The third kappa shape index (κ3) is 7.95. The first-order valence-corrected chi connectivity index (χ1v) is 17.9. The van der Waals surface area contributed by atoms with Gasteiger partial charge in [-0.05, 0) is 65.9 Å². The van der Waals surface area contributed by atoms with Crippen molar-refractivity contribution < 1.29 is 24.0 Å². The van der Waals surface area contributed by atoms with E-state index in [4.69, 9.17) is 0 Å². The zero-order chi connectivity index (χ0) is 36.8. The number of amides is 3. The number of rotatable bonds is 11. The Morgan fingerprint density at radius 2 is 1.37 bits per heavy atom. The van der Waals surface area contributed by atoms with Crippen LogP contribution >= 0.6 is 11.8 Å². The zero-order valence-electron chi connectivity index (χ0n) is 28.9. The average Bonchev–Trinajstić information content (AvgIpc) is 3.16. The van der Waals surface area contributed by atoms with Crippen LogP contribution in [0.15, 0.2) is 132 Å². The van der Waals surface area contributed by atoms with Crippen LogP contribution in [0.2, 0.25) is 0 Å².